The number of nitrogens with two attached hydrogens (primary N) is 1. The van der Waals surface area contributed by atoms with E-state index in [0.717, 1.165) is 6.42 Å². The number of hydrogen-bond acceptors (Lipinski definition) is 2. The van der Waals surface area contributed by atoms with Crippen molar-refractivity contribution in [1.82, 2.24) is 4.90 Å². The highest BCUT2D eigenvalue weighted by molar-refractivity contribution is 5.78. The molecule has 1 aromatic rings. The molecule has 1 unspecified atom stereocenters. The molecule has 0 saturated heterocycles. The van der Waals surface area contributed by atoms with E-state index in [1.807, 2.05) is 14.0 Å². The van der Waals surface area contributed by atoms with Crippen LogP contribution in [0.2, 0.25) is 0 Å². The van der Waals surface area contributed by atoms with Gasteiger partial charge in [0, 0.05) is 20.1 Å². The molecule has 0 saturated carbocycles. The second-order valence-electron chi connectivity index (χ2n) is 5.33. The van der Waals surface area contributed by atoms with Crippen molar-refractivity contribution in [3.63, 3.8) is 0 Å². The van der Waals surface area contributed by atoms with Crippen LogP contribution in [0.4, 0.5) is 0 Å². The van der Waals surface area contributed by atoms with Gasteiger partial charge in [-0.1, -0.05) is 19.1 Å². The fourth-order valence-corrected chi connectivity index (χ4v) is 2.27. The van der Waals surface area contributed by atoms with E-state index in [2.05, 4.69) is 32.9 Å². The van der Waals surface area contributed by atoms with Crippen LogP contribution in [0.15, 0.2) is 12.1 Å². The molecule has 0 spiro atoms. The topological polar surface area (TPSA) is 46.3 Å². The maximum Gasteiger partial charge on any atom is 0.226 e. The summed E-state index contributed by atoms with van der Waals surface area (Å²) in [7, 11) is 1.86. The number of aryl methyl sites for hydroxylation is 1. The van der Waals surface area contributed by atoms with Crippen LogP contribution >= 0.6 is 0 Å². The molecular formula is C16H26N2O. The van der Waals surface area contributed by atoms with Crippen LogP contribution in [0.1, 0.15) is 35.6 Å². The Morgan fingerprint density at radius 2 is 1.89 bits per heavy atom. The summed E-state index contributed by atoms with van der Waals surface area (Å²) in [6.45, 7) is 9.45. The third-order valence-electron chi connectivity index (χ3n) is 4.08. The van der Waals surface area contributed by atoms with Gasteiger partial charge in [-0.3, -0.25) is 4.79 Å². The van der Waals surface area contributed by atoms with E-state index in [1.165, 1.54) is 22.3 Å². The zero-order valence-electron chi connectivity index (χ0n) is 12.8. The molecule has 0 fully saturated rings. The predicted molar refractivity (Wildman–Crippen MR) is 80.0 cm³/mol. The summed E-state index contributed by atoms with van der Waals surface area (Å²) < 4.78 is 0. The van der Waals surface area contributed by atoms with E-state index in [-0.39, 0.29) is 11.8 Å². The molecule has 0 heterocycles. The Hall–Kier alpha value is -1.35. The molecule has 0 aliphatic heterocycles. The van der Waals surface area contributed by atoms with Gasteiger partial charge in [-0.15, -0.1) is 0 Å². The lowest BCUT2D eigenvalue weighted by molar-refractivity contribution is -0.134. The number of benzene rings is 1. The van der Waals surface area contributed by atoms with Crippen molar-refractivity contribution in [3.05, 3.63) is 34.4 Å². The van der Waals surface area contributed by atoms with Crippen LogP contribution in [0, 0.1) is 26.7 Å². The number of carbonyl (C=O) groups is 1. The van der Waals surface area contributed by atoms with Crippen LogP contribution in [0.3, 0.4) is 0 Å². The molecule has 1 atom stereocenters. The highest BCUT2D eigenvalue weighted by Crippen LogP contribution is 2.19. The first kappa shape index (κ1) is 15.7. The molecule has 2 N–H and O–H groups in total. The average Bonchev–Trinajstić information content (AvgIpc) is 2.40. The van der Waals surface area contributed by atoms with Gasteiger partial charge in [0.25, 0.3) is 0 Å². The van der Waals surface area contributed by atoms with Crippen molar-refractivity contribution >= 4 is 5.91 Å². The van der Waals surface area contributed by atoms with Crippen LogP contribution < -0.4 is 5.73 Å². The lowest BCUT2D eigenvalue weighted by Gasteiger charge is -2.23. The molecule has 19 heavy (non-hydrogen) atoms. The zero-order chi connectivity index (χ0) is 14.6. The molecule has 0 aliphatic carbocycles. The van der Waals surface area contributed by atoms with Crippen molar-refractivity contribution < 1.29 is 4.79 Å². The van der Waals surface area contributed by atoms with Gasteiger partial charge in [0.15, 0.2) is 0 Å². The number of nitrogens with zero attached hydrogens (tertiary/aromatic N) is 1. The first-order valence-corrected chi connectivity index (χ1v) is 6.93. The minimum atomic E-state index is -0.0585. The zero-order valence-corrected chi connectivity index (χ0v) is 12.8. The molecule has 106 valence electrons. The van der Waals surface area contributed by atoms with Crippen molar-refractivity contribution in [3.8, 4) is 0 Å². The number of hydrogen-bond donors (Lipinski definition) is 1. The van der Waals surface area contributed by atoms with Crippen molar-refractivity contribution in [1.29, 1.82) is 0 Å². The van der Waals surface area contributed by atoms with Crippen LogP contribution in [0.25, 0.3) is 0 Å². The summed E-state index contributed by atoms with van der Waals surface area (Å²) in [6, 6.07) is 4.24. The van der Waals surface area contributed by atoms with E-state index in [9.17, 15) is 4.79 Å². The quantitative estimate of drug-likeness (QED) is 0.886. The molecule has 1 amide bonds. The molecular weight excluding hydrogens is 236 g/mol. The van der Waals surface area contributed by atoms with Gasteiger partial charge < -0.3 is 10.6 Å². The molecule has 1 rings (SSSR count). The van der Waals surface area contributed by atoms with Gasteiger partial charge in [-0.2, -0.15) is 0 Å². The molecule has 3 heteroatoms. The molecule has 0 bridgehead atoms. The van der Waals surface area contributed by atoms with Gasteiger partial charge >= 0.3 is 0 Å². The predicted octanol–water partition coefficient (Wildman–Crippen LogP) is 2.56. The SMILES string of the molecule is CCC(CN)C(=O)N(C)Cc1ccc(C)c(C)c1C. The third kappa shape index (κ3) is 3.57. The summed E-state index contributed by atoms with van der Waals surface area (Å²) in [6.07, 6.45) is 0.797. The molecule has 3 nitrogen and oxygen atoms in total. The molecule has 0 aliphatic rings. The Labute approximate surface area is 116 Å². The Bertz CT molecular complexity index is 450. The first-order chi connectivity index (χ1) is 8.92. The summed E-state index contributed by atoms with van der Waals surface area (Å²) in [5.74, 6) is 0.0829. The summed E-state index contributed by atoms with van der Waals surface area (Å²) in [4.78, 5) is 14.0. The molecule has 1 aromatic carbocycles. The Morgan fingerprint density at radius 1 is 1.26 bits per heavy atom. The van der Waals surface area contributed by atoms with Gasteiger partial charge in [0.1, 0.15) is 0 Å². The number of carbonyl (C=O) groups excluding carboxylic acids is 1. The Kier molecular flexibility index (Phi) is 5.55. The van der Waals surface area contributed by atoms with Crippen LogP contribution in [-0.2, 0) is 11.3 Å². The summed E-state index contributed by atoms with van der Waals surface area (Å²) in [5.41, 5.74) is 10.7. The highest BCUT2D eigenvalue weighted by atomic mass is 16.2. The minimum absolute atomic E-state index is 0.0585. The van der Waals surface area contributed by atoms with Gasteiger partial charge in [0.2, 0.25) is 5.91 Å². The minimum Gasteiger partial charge on any atom is -0.341 e. The first-order valence-electron chi connectivity index (χ1n) is 6.93. The fourth-order valence-electron chi connectivity index (χ4n) is 2.27. The molecule has 0 radical (unpaired) electrons. The smallest absolute Gasteiger partial charge is 0.226 e. The van der Waals surface area contributed by atoms with Gasteiger partial charge in [-0.25, -0.2) is 0 Å². The van der Waals surface area contributed by atoms with Crippen molar-refractivity contribution in [2.24, 2.45) is 11.7 Å². The van der Waals surface area contributed by atoms with Crippen LogP contribution in [-0.4, -0.2) is 24.4 Å². The van der Waals surface area contributed by atoms with E-state index in [0.29, 0.717) is 13.1 Å². The standard InChI is InChI=1S/C16H26N2O/c1-6-14(9-17)16(19)18(5)10-15-8-7-11(2)12(3)13(15)4/h7-8,14H,6,9-10,17H2,1-5H3. The van der Waals surface area contributed by atoms with E-state index in [4.69, 9.17) is 5.73 Å². The average molecular weight is 262 g/mol. The van der Waals surface area contributed by atoms with Gasteiger partial charge in [-0.05, 0) is 49.4 Å². The normalized spacial score (nSPS) is 12.3. The lowest BCUT2D eigenvalue weighted by atomic mass is 9.98. The lowest BCUT2D eigenvalue weighted by Crippen LogP contribution is -2.36. The van der Waals surface area contributed by atoms with E-state index in [1.54, 1.807) is 4.90 Å². The summed E-state index contributed by atoms with van der Waals surface area (Å²) in [5, 5.41) is 0. The van der Waals surface area contributed by atoms with Gasteiger partial charge in [0.05, 0.1) is 5.92 Å². The second kappa shape index (κ2) is 6.71. The van der Waals surface area contributed by atoms with Crippen LogP contribution in [0.5, 0.6) is 0 Å². The van der Waals surface area contributed by atoms with E-state index < -0.39 is 0 Å². The monoisotopic (exact) mass is 262 g/mol. The highest BCUT2D eigenvalue weighted by Gasteiger charge is 2.19. The number of rotatable bonds is 5. The third-order valence-corrected chi connectivity index (χ3v) is 4.08. The largest absolute Gasteiger partial charge is 0.341 e. The molecule has 0 aromatic heterocycles. The Morgan fingerprint density at radius 3 is 2.42 bits per heavy atom. The van der Waals surface area contributed by atoms with Crippen molar-refractivity contribution in [2.45, 2.75) is 40.7 Å². The fraction of sp³-hybridized carbons (Fsp3) is 0.562. The van der Waals surface area contributed by atoms with Crippen molar-refractivity contribution in [2.75, 3.05) is 13.6 Å². The Balaban J connectivity index is 2.85. The second-order valence-corrected chi connectivity index (χ2v) is 5.33. The maximum atomic E-state index is 12.2. The maximum absolute atomic E-state index is 12.2. The van der Waals surface area contributed by atoms with E-state index >= 15 is 0 Å². The number of amides is 1. The summed E-state index contributed by atoms with van der Waals surface area (Å²) >= 11 is 0.